The minimum absolute atomic E-state index is 0.475. The fraction of sp³-hybridized carbons (Fsp3) is 0.400. The zero-order valence-electron chi connectivity index (χ0n) is 6.30. The van der Waals surface area contributed by atoms with E-state index in [0.717, 1.165) is 10.6 Å². The predicted octanol–water partition coefficient (Wildman–Crippen LogP) is -0.504. The normalized spacial score (nSPS) is 22.8. The van der Waals surface area contributed by atoms with Crippen LogP contribution in [0.1, 0.15) is 0 Å². The highest BCUT2D eigenvalue weighted by Gasteiger charge is 2.26. The largest absolute Gasteiger partial charge is 0.329 e. The lowest BCUT2D eigenvalue weighted by molar-refractivity contribution is -0.110. The number of amides is 1. The molecular formula is C5H8N2O3S2. The fourth-order valence-corrected chi connectivity index (χ4v) is 2.82. The summed E-state index contributed by atoms with van der Waals surface area (Å²) in [5.74, 6) is 0. The molecule has 1 aliphatic heterocycles. The molecule has 0 aromatic rings. The molecule has 7 heteroatoms. The summed E-state index contributed by atoms with van der Waals surface area (Å²) in [5.41, 5.74) is -0.530. The van der Waals surface area contributed by atoms with Gasteiger partial charge in [0.15, 0.2) is 5.50 Å². The summed E-state index contributed by atoms with van der Waals surface area (Å²) in [6.45, 7) is 0. The Labute approximate surface area is 74.9 Å². The lowest BCUT2D eigenvalue weighted by atomic mass is 10.9. The minimum Gasteiger partial charge on any atom is -0.329 e. The van der Waals surface area contributed by atoms with E-state index in [9.17, 15) is 13.2 Å². The lowest BCUT2D eigenvalue weighted by Gasteiger charge is -2.20. The Morgan fingerprint density at radius 1 is 1.67 bits per heavy atom. The van der Waals surface area contributed by atoms with E-state index in [4.69, 9.17) is 0 Å². The summed E-state index contributed by atoms with van der Waals surface area (Å²) in [7, 11) is -3.27. The number of nitrogens with one attached hydrogen (secondary N) is 1. The number of carbonyl (C=O) groups excluding carboxylic acids is 1. The molecule has 1 N–H and O–H groups in total. The molecule has 68 valence electrons. The van der Waals surface area contributed by atoms with Crippen LogP contribution in [0, 0.1) is 0 Å². The second kappa shape index (κ2) is 3.36. The van der Waals surface area contributed by atoms with E-state index in [1.807, 2.05) is 0 Å². The maximum absolute atomic E-state index is 11.0. The van der Waals surface area contributed by atoms with Crippen molar-refractivity contribution in [3.05, 3.63) is 11.6 Å². The Hall–Kier alpha value is -0.690. The van der Waals surface area contributed by atoms with Crippen LogP contribution < -0.4 is 5.32 Å². The van der Waals surface area contributed by atoms with Gasteiger partial charge < -0.3 is 5.32 Å². The van der Waals surface area contributed by atoms with Crippen LogP contribution in [-0.4, -0.2) is 30.9 Å². The summed E-state index contributed by atoms with van der Waals surface area (Å²) in [4.78, 5) is 10.1. The van der Waals surface area contributed by atoms with E-state index in [0.29, 0.717) is 6.41 Å². The van der Waals surface area contributed by atoms with Crippen molar-refractivity contribution in [1.82, 2.24) is 9.62 Å². The highest BCUT2D eigenvalue weighted by atomic mass is 32.2. The van der Waals surface area contributed by atoms with Gasteiger partial charge in [-0.05, 0) is 5.41 Å². The van der Waals surface area contributed by atoms with Gasteiger partial charge >= 0.3 is 0 Å². The molecule has 0 bridgehead atoms. The van der Waals surface area contributed by atoms with Gasteiger partial charge in [-0.1, -0.05) is 11.8 Å². The van der Waals surface area contributed by atoms with Gasteiger partial charge in [-0.25, -0.2) is 12.7 Å². The number of nitrogens with zero attached hydrogens (tertiary/aromatic N) is 1. The van der Waals surface area contributed by atoms with E-state index in [1.54, 1.807) is 5.41 Å². The third-order valence-corrected chi connectivity index (χ3v) is 3.37. The first-order valence-electron chi connectivity index (χ1n) is 3.06. The van der Waals surface area contributed by atoms with Gasteiger partial charge in [0.2, 0.25) is 16.4 Å². The number of hydrogen-bond acceptors (Lipinski definition) is 4. The second-order valence-corrected chi connectivity index (χ2v) is 5.03. The van der Waals surface area contributed by atoms with Crippen molar-refractivity contribution < 1.29 is 13.2 Å². The maximum Gasteiger partial charge on any atom is 0.234 e. The van der Waals surface area contributed by atoms with Crippen molar-refractivity contribution in [1.29, 1.82) is 0 Å². The van der Waals surface area contributed by atoms with Gasteiger partial charge in [0.05, 0.1) is 6.26 Å². The Kier molecular flexibility index (Phi) is 2.63. The third-order valence-electron chi connectivity index (χ3n) is 1.24. The summed E-state index contributed by atoms with van der Waals surface area (Å²) in [5, 5.41) is 3.98. The molecular weight excluding hydrogens is 200 g/mol. The number of rotatable bonds is 3. The Morgan fingerprint density at radius 3 is 2.83 bits per heavy atom. The second-order valence-electron chi connectivity index (χ2n) is 2.15. The molecule has 0 aromatic heterocycles. The summed E-state index contributed by atoms with van der Waals surface area (Å²) < 4.78 is 23.1. The van der Waals surface area contributed by atoms with Crippen LogP contribution >= 0.6 is 11.8 Å². The minimum atomic E-state index is -3.27. The van der Waals surface area contributed by atoms with E-state index in [1.165, 1.54) is 18.0 Å². The molecule has 1 unspecified atom stereocenters. The first kappa shape index (κ1) is 9.40. The molecule has 1 atom stereocenters. The molecule has 1 aliphatic rings. The highest BCUT2D eigenvalue weighted by Crippen LogP contribution is 2.24. The SMILES string of the molecule is CS(=O)(=O)N1C=CSC1NC=O. The van der Waals surface area contributed by atoms with Gasteiger partial charge in [0.1, 0.15) is 0 Å². The Morgan fingerprint density at radius 2 is 2.33 bits per heavy atom. The standard InChI is InChI=1S/C5H8N2O3S2/c1-12(9,10)7-2-3-11-5(7)6-4-8/h2-5H,1H3,(H,6,8). The molecule has 1 rings (SSSR count). The number of sulfonamides is 1. The van der Waals surface area contributed by atoms with E-state index >= 15 is 0 Å². The Bertz CT molecular complexity index is 298. The Balaban J connectivity index is 2.76. The molecule has 0 aliphatic carbocycles. The number of thioether (sulfide) groups is 1. The molecule has 5 nitrogen and oxygen atoms in total. The quantitative estimate of drug-likeness (QED) is 0.635. The zero-order chi connectivity index (χ0) is 9.19. The topological polar surface area (TPSA) is 66.5 Å². The first-order valence-corrected chi connectivity index (χ1v) is 5.85. The molecule has 0 spiro atoms. The van der Waals surface area contributed by atoms with E-state index in [-0.39, 0.29) is 0 Å². The summed E-state index contributed by atoms with van der Waals surface area (Å²) >= 11 is 1.23. The number of carbonyl (C=O) groups is 1. The molecule has 1 amide bonds. The zero-order valence-corrected chi connectivity index (χ0v) is 7.93. The van der Waals surface area contributed by atoms with Crippen LogP contribution in [0.25, 0.3) is 0 Å². The molecule has 0 fully saturated rings. The third kappa shape index (κ3) is 1.92. The molecule has 12 heavy (non-hydrogen) atoms. The van der Waals surface area contributed by atoms with Crippen molar-refractivity contribution in [2.24, 2.45) is 0 Å². The molecule has 0 radical (unpaired) electrons. The van der Waals surface area contributed by atoms with E-state index < -0.39 is 15.5 Å². The van der Waals surface area contributed by atoms with Gasteiger partial charge in [0, 0.05) is 6.20 Å². The summed E-state index contributed by atoms with van der Waals surface area (Å²) in [6.07, 6.45) is 2.98. The van der Waals surface area contributed by atoms with Crippen molar-refractivity contribution in [2.45, 2.75) is 5.50 Å². The monoisotopic (exact) mass is 208 g/mol. The van der Waals surface area contributed by atoms with Crippen LogP contribution in [-0.2, 0) is 14.8 Å². The fourth-order valence-electron chi connectivity index (χ4n) is 0.763. The van der Waals surface area contributed by atoms with Gasteiger partial charge in [-0.3, -0.25) is 4.79 Å². The molecule has 0 saturated heterocycles. The smallest absolute Gasteiger partial charge is 0.234 e. The van der Waals surface area contributed by atoms with Crippen LogP contribution in [0.4, 0.5) is 0 Å². The highest BCUT2D eigenvalue weighted by molar-refractivity contribution is 8.03. The average Bonchev–Trinajstić information content (AvgIpc) is 2.34. The maximum atomic E-state index is 11.0. The van der Waals surface area contributed by atoms with Crippen molar-refractivity contribution in [3.8, 4) is 0 Å². The molecule has 0 aromatic carbocycles. The van der Waals surface area contributed by atoms with Gasteiger partial charge in [-0.2, -0.15) is 0 Å². The summed E-state index contributed by atoms with van der Waals surface area (Å²) in [6, 6.07) is 0. The van der Waals surface area contributed by atoms with E-state index in [2.05, 4.69) is 5.32 Å². The molecule has 0 saturated carbocycles. The lowest BCUT2D eigenvalue weighted by Crippen LogP contribution is -2.40. The van der Waals surface area contributed by atoms with Crippen LogP contribution in [0.2, 0.25) is 0 Å². The van der Waals surface area contributed by atoms with Crippen LogP contribution in [0.5, 0.6) is 0 Å². The molecule has 1 heterocycles. The first-order chi connectivity index (χ1) is 5.55. The van der Waals surface area contributed by atoms with Crippen molar-refractivity contribution in [2.75, 3.05) is 6.26 Å². The predicted molar refractivity (Wildman–Crippen MR) is 46.4 cm³/mol. The van der Waals surface area contributed by atoms with Gasteiger partial charge in [-0.15, -0.1) is 0 Å². The van der Waals surface area contributed by atoms with Gasteiger partial charge in [0.25, 0.3) is 0 Å². The van der Waals surface area contributed by atoms with Crippen LogP contribution in [0.3, 0.4) is 0 Å². The van der Waals surface area contributed by atoms with Crippen molar-refractivity contribution in [3.63, 3.8) is 0 Å². The van der Waals surface area contributed by atoms with Crippen molar-refractivity contribution >= 4 is 28.2 Å². The average molecular weight is 208 g/mol. The number of hydrogen-bond donors (Lipinski definition) is 1. The van der Waals surface area contributed by atoms with Crippen LogP contribution in [0.15, 0.2) is 11.6 Å².